The van der Waals surface area contributed by atoms with Crippen molar-refractivity contribution in [3.8, 4) is 0 Å². The summed E-state index contributed by atoms with van der Waals surface area (Å²) in [7, 11) is -1.42. The van der Waals surface area contributed by atoms with Gasteiger partial charge in [-0.05, 0) is 38.1 Å². The number of hydrogen-bond acceptors (Lipinski definition) is 4. The predicted octanol–water partition coefficient (Wildman–Crippen LogP) is 1.62. The van der Waals surface area contributed by atoms with Crippen LogP contribution in [0.25, 0.3) is 0 Å². The molecular formula is C15H30N2O4S. The summed E-state index contributed by atoms with van der Waals surface area (Å²) in [5.41, 5.74) is 0.00313. The van der Waals surface area contributed by atoms with Crippen molar-refractivity contribution in [2.24, 2.45) is 5.41 Å². The van der Waals surface area contributed by atoms with Gasteiger partial charge in [0.05, 0.1) is 12.3 Å². The zero-order valence-corrected chi connectivity index (χ0v) is 15.0. The first-order valence-electron chi connectivity index (χ1n) is 7.91. The second kappa shape index (κ2) is 7.75. The summed E-state index contributed by atoms with van der Waals surface area (Å²) in [4.78, 5) is 12.6. The van der Waals surface area contributed by atoms with Crippen LogP contribution in [0.5, 0.6) is 0 Å². The summed E-state index contributed by atoms with van der Waals surface area (Å²) in [6.45, 7) is 7.16. The van der Waals surface area contributed by atoms with Gasteiger partial charge in [-0.1, -0.05) is 20.8 Å². The van der Waals surface area contributed by atoms with Crippen molar-refractivity contribution in [1.29, 1.82) is 0 Å². The van der Waals surface area contributed by atoms with Gasteiger partial charge < -0.3 is 5.11 Å². The molecule has 0 aliphatic carbocycles. The van der Waals surface area contributed by atoms with E-state index in [4.69, 9.17) is 5.11 Å². The van der Waals surface area contributed by atoms with Gasteiger partial charge in [0.1, 0.15) is 0 Å². The van der Waals surface area contributed by atoms with Gasteiger partial charge in [0, 0.05) is 19.1 Å². The van der Waals surface area contributed by atoms with E-state index in [0.717, 1.165) is 12.8 Å². The van der Waals surface area contributed by atoms with Gasteiger partial charge in [-0.2, -0.15) is 0 Å². The highest BCUT2D eigenvalue weighted by Gasteiger charge is 2.28. The van der Waals surface area contributed by atoms with Crippen LogP contribution in [0.3, 0.4) is 0 Å². The summed E-state index contributed by atoms with van der Waals surface area (Å²) in [5, 5.41) is 8.86. The van der Waals surface area contributed by atoms with Crippen molar-refractivity contribution in [1.82, 2.24) is 9.21 Å². The Labute approximate surface area is 134 Å². The van der Waals surface area contributed by atoms with Crippen molar-refractivity contribution in [2.45, 2.75) is 52.5 Å². The first-order chi connectivity index (χ1) is 10.0. The van der Waals surface area contributed by atoms with Crippen LogP contribution in [0, 0.1) is 5.41 Å². The second-order valence-corrected chi connectivity index (χ2v) is 9.51. The minimum Gasteiger partial charge on any atom is -0.480 e. The highest BCUT2D eigenvalue weighted by Crippen LogP contribution is 2.23. The monoisotopic (exact) mass is 334 g/mol. The number of carboxylic acids is 1. The first-order valence-corrected chi connectivity index (χ1v) is 9.52. The lowest BCUT2D eigenvalue weighted by Gasteiger charge is -2.26. The molecule has 0 spiro atoms. The number of carboxylic acid groups (broad SMARTS) is 1. The molecule has 7 heteroatoms. The van der Waals surface area contributed by atoms with Gasteiger partial charge in [0.15, 0.2) is 0 Å². The van der Waals surface area contributed by atoms with Crippen molar-refractivity contribution < 1.29 is 18.3 Å². The molecule has 0 radical (unpaired) electrons. The van der Waals surface area contributed by atoms with Crippen LogP contribution in [0.2, 0.25) is 0 Å². The third-order valence-corrected chi connectivity index (χ3v) is 6.04. The Morgan fingerprint density at radius 3 is 2.45 bits per heavy atom. The van der Waals surface area contributed by atoms with E-state index in [1.54, 1.807) is 11.4 Å². The number of hydrogen-bond donors (Lipinski definition) is 1. The van der Waals surface area contributed by atoms with E-state index in [1.807, 2.05) is 25.7 Å². The summed E-state index contributed by atoms with van der Waals surface area (Å²) in [6, 6.07) is 0.138. The van der Waals surface area contributed by atoms with Gasteiger partial charge in [0.25, 0.3) is 0 Å². The van der Waals surface area contributed by atoms with Crippen LogP contribution < -0.4 is 0 Å². The normalized spacial score (nSPS) is 21.8. The maximum absolute atomic E-state index is 12.5. The van der Waals surface area contributed by atoms with Crippen LogP contribution in [0.15, 0.2) is 0 Å². The molecule has 1 aliphatic heterocycles. The molecule has 6 nitrogen and oxygen atoms in total. The molecule has 1 unspecified atom stereocenters. The minimum absolute atomic E-state index is 0.00143. The molecule has 0 aromatic carbocycles. The number of sulfonamides is 1. The van der Waals surface area contributed by atoms with Crippen molar-refractivity contribution in [2.75, 3.05) is 32.4 Å². The molecule has 1 aliphatic rings. The topological polar surface area (TPSA) is 77.9 Å². The molecule has 130 valence electrons. The minimum atomic E-state index is -3.21. The van der Waals surface area contributed by atoms with Crippen molar-refractivity contribution in [3.05, 3.63) is 0 Å². The fraction of sp³-hybridized carbons (Fsp3) is 0.933. The summed E-state index contributed by atoms with van der Waals surface area (Å²) in [6.07, 6.45) is 2.96. The fourth-order valence-corrected chi connectivity index (χ4v) is 4.60. The van der Waals surface area contributed by atoms with Crippen LogP contribution in [0.4, 0.5) is 0 Å². The second-order valence-electron chi connectivity index (χ2n) is 7.42. The molecule has 1 atom stereocenters. The molecule has 1 heterocycles. The Morgan fingerprint density at radius 1 is 1.27 bits per heavy atom. The number of nitrogens with zero attached hydrogens (tertiary/aromatic N) is 2. The van der Waals surface area contributed by atoms with Crippen LogP contribution in [0.1, 0.15) is 46.5 Å². The molecule has 22 heavy (non-hydrogen) atoms. The molecule has 1 saturated heterocycles. The molecule has 0 aromatic heterocycles. The zero-order valence-electron chi connectivity index (χ0n) is 14.2. The van der Waals surface area contributed by atoms with Gasteiger partial charge in [-0.15, -0.1) is 0 Å². The highest BCUT2D eigenvalue weighted by atomic mass is 32.2. The largest absolute Gasteiger partial charge is 0.480 e. The van der Waals surface area contributed by atoms with Gasteiger partial charge >= 0.3 is 5.97 Å². The summed E-state index contributed by atoms with van der Waals surface area (Å²) < 4.78 is 26.5. The molecule has 1 N–H and O–H groups in total. The standard InChI is InChI=1S/C15H30N2O4S/c1-15(2,3)8-11-22(20,21)17-9-5-6-13(7-10-17)16(4)12-14(18)19/h13H,5-12H2,1-4H3,(H,18,19). The number of rotatable bonds is 6. The average molecular weight is 334 g/mol. The van der Waals surface area contributed by atoms with E-state index in [0.29, 0.717) is 25.9 Å². The van der Waals surface area contributed by atoms with Gasteiger partial charge in [0.2, 0.25) is 10.0 Å². The Hall–Kier alpha value is -0.660. The maximum Gasteiger partial charge on any atom is 0.317 e. The van der Waals surface area contributed by atoms with E-state index >= 15 is 0 Å². The van der Waals surface area contributed by atoms with Crippen LogP contribution in [-0.2, 0) is 14.8 Å². The van der Waals surface area contributed by atoms with E-state index in [-0.39, 0.29) is 23.8 Å². The molecule has 0 saturated carbocycles. The number of carbonyl (C=O) groups is 1. The van der Waals surface area contributed by atoms with Gasteiger partial charge in [-0.25, -0.2) is 12.7 Å². The number of aliphatic carboxylic acids is 1. The van der Waals surface area contributed by atoms with Crippen molar-refractivity contribution in [3.63, 3.8) is 0 Å². The molecule has 1 rings (SSSR count). The molecule has 0 bridgehead atoms. The maximum atomic E-state index is 12.5. The van der Waals surface area contributed by atoms with E-state index < -0.39 is 16.0 Å². The first kappa shape index (κ1) is 19.4. The Bertz CT molecular complexity index is 470. The van der Waals surface area contributed by atoms with E-state index in [9.17, 15) is 13.2 Å². The average Bonchev–Trinajstić information content (AvgIpc) is 2.61. The van der Waals surface area contributed by atoms with E-state index in [2.05, 4.69) is 0 Å². The van der Waals surface area contributed by atoms with Crippen LogP contribution in [-0.4, -0.2) is 67.2 Å². The zero-order chi connectivity index (χ0) is 17.0. The molecule has 0 amide bonds. The molecule has 0 aromatic rings. The van der Waals surface area contributed by atoms with Gasteiger partial charge in [-0.3, -0.25) is 9.69 Å². The number of likely N-dealkylation sites (N-methyl/N-ethyl adjacent to an activating group) is 1. The lowest BCUT2D eigenvalue weighted by atomic mass is 9.94. The van der Waals surface area contributed by atoms with Crippen molar-refractivity contribution >= 4 is 16.0 Å². The molecular weight excluding hydrogens is 304 g/mol. The smallest absolute Gasteiger partial charge is 0.317 e. The third kappa shape index (κ3) is 6.62. The summed E-state index contributed by atoms with van der Waals surface area (Å²) >= 11 is 0. The SMILES string of the molecule is CN(CC(=O)O)C1CCCN(S(=O)(=O)CCC(C)(C)C)CC1. The van der Waals surface area contributed by atoms with E-state index in [1.165, 1.54) is 0 Å². The Balaban J connectivity index is 2.60. The predicted molar refractivity (Wildman–Crippen MR) is 87.3 cm³/mol. The Kier molecular flexibility index (Phi) is 6.83. The lowest BCUT2D eigenvalue weighted by Crippen LogP contribution is -2.38. The fourth-order valence-electron chi connectivity index (χ4n) is 2.68. The molecule has 1 fully saturated rings. The Morgan fingerprint density at radius 2 is 1.91 bits per heavy atom. The highest BCUT2D eigenvalue weighted by molar-refractivity contribution is 7.89. The lowest BCUT2D eigenvalue weighted by molar-refractivity contribution is -0.138. The van der Waals surface area contributed by atoms with Crippen LogP contribution >= 0.6 is 0 Å². The third-order valence-electron chi connectivity index (χ3n) is 4.17. The summed E-state index contributed by atoms with van der Waals surface area (Å²) in [5.74, 6) is -0.659. The quantitative estimate of drug-likeness (QED) is 0.799.